The van der Waals surface area contributed by atoms with Gasteiger partial charge in [-0.1, -0.05) is 25.7 Å². The van der Waals surface area contributed by atoms with Crippen molar-refractivity contribution in [1.29, 1.82) is 0 Å². The highest BCUT2D eigenvalue weighted by Gasteiger charge is 2.64. The zero-order valence-corrected chi connectivity index (χ0v) is 38.6. The Morgan fingerprint density at radius 3 is 2.31 bits per heavy atom. The zero-order chi connectivity index (χ0) is 44.7. The summed E-state index contributed by atoms with van der Waals surface area (Å²) >= 11 is 0. The van der Waals surface area contributed by atoms with Gasteiger partial charge >= 0.3 is 5.97 Å². The van der Waals surface area contributed by atoms with E-state index in [1.54, 1.807) is 6.08 Å². The van der Waals surface area contributed by atoms with Gasteiger partial charge in [0.2, 0.25) is 0 Å². The Morgan fingerprint density at radius 1 is 0.734 bits per heavy atom. The normalized spacial score (nSPS) is 56.4. The molecule has 1 N–H and O–H groups in total. The second kappa shape index (κ2) is 15.7. The minimum absolute atomic E-state index is 0.116. The van der Waals surface area contributed by atoms with Crippen LogP contribution in [0.4, 0.5) is 0 Å². The first-order valence-corrected chi connectivity index (χ1v) is 24.4. The zero-order valence-electron chi connectivity index (χ0n) is 38.6. The Bertz CT molecular complexity index is 1940. The summed E-state index contributed by atoms with van der Waals surface area (Å²) < 4.78 is 75.6. The van der Waals surface area contributed by atoms with Crippen molar-refractivity contribution < 1.29 is 66.8 Å². The molecule has 14 nitrogen and oxygen atoms in total. The maximum atomic E-state index is 12.3. The molecule has 14 heteroatoms. The van der Waals surface area contributed by atoms with Gasteiger partial charge in [-0.15, -0.1) is 0 Å². The van der Waals surface area contributed by atoms with E-state index >= 15 is 0 Å². The first-order chi connectivity index (χ1) is 30.4. The number of fused-ring (bicyclic) bond motifs is 10. The summed E-state index contributed by atoms with van der Waals surface area (Å²) in [5.41, 5.74) is -1.96. The van der Waals surface area contributed by atoms with Crippen molar-refractivity contribution in [3.63, 3.8) is 0 Å². The highest BCUT2D eigenvalue weighted by molar-refractivity contribution is 5.84. The quantitative estimate of drug-likeness (QED) is 0.165. The molecule has 11 heterocycles. The van der Waals surface area contributed by atoms with E-state index in [0.717, 1.165) is 31.1 Å². The highest BCUT2D eigenvalue weighted by atomic mass is 16.7. The smallest absolute Gasteiger partial charge is 0.331 e. The molecule has 0 saturated carbocycles. The van der Waals surface area contributed by atoms with Crippen LogP contribution < -0.4 is 0 Å². The van der Waals surface area contributed by atoms with Crippen LogP contribution in [0.15, 0.2) is 36.0 Å². The molecule has 354 valence electrons. The molecule has 11 aliphatic heterocycles. The number of aliphatic hydroxyl groups excluding tert-OH is 1. The number of aliphatic hydroxyl groups is 1. The van der Waals surface area contributed by atoms with E-state index in [9.17, 15) is 14.7 Å². The second-order valence-corrected chi connectivity index (χ2v) is 22.7. The molecule has 0 aliphatic carbocycles. The summed E-state index contributed by atoms with van der Waals surface area (Å²) in [4.78, 5) is 23.6. The van der Waals surface area contributed by atoms with E-state index in [1.807, 2.05) is 13.8 Å². The fraction of sp³-hybridized carbons (Fsp3) is 0.840. The number of hydrogen-bond acceptors (Lipinski definition) is 14. The van der Waals surface area contributed by atoms with E-state index in [1.165, 1.54) is 0 Å². The van der Waals surface area contributed by atoms with Crippen molar-refractivity contribution in [3.05, 3.63) is 36.0 Å². The van der Waals surface area contributed by atoms with Crippen LogP contribution in [0.1, 0.15) is 126 Å². The van der Waals surface area contributed by atoms with Gasteiger partial charge in [0.15, 0.2) is 0 Å². The third-order valence-corrected chi connectivity index (χ3v) is 17.8. The topological polar surface area (TPSA) is 156 Å². The van der Waals surface area contributed by atoms with Gasteiger partial charge in [-0.05, 0) is 84.3 Å². The Morgan fingerprint density at radius 2 is 1.50 bits per heavy atom. The minimum atomic E-state index is -0.911. The molecule has 0 radical (unpaired) electrons. The average molecular weight is 895 g/mol. The molecule has 0 bridgehead atoms. The standard InChI is InChI=1S/C50H70O14/c1-25(24-51)14-28-17-37(52)50(8)41(54-28)19-33-34(61-50)18-32-29(55-33)10-9-12-46(4)42(58-32)23-49(7)40(62-46)21-39-47(5,64-49)13-11-30-44(60-39)26(2)15-31-36(56-30)22-48(6)38(57-31)20-35-45(63-48)27(3)16-43(53)59-35/h9-10,16,24,26,28-42,44-45,52H,1,11-15,17-23H2,2-8H3/t26-,28?,29?,30+,31?,32+,33?,34-,35?,36-,37?,38?,39?,40?,41?,42-,44?,45-,46?,47-,48+,49+,50+/m1/s1. The first-order valence-electron chi connectivity index (χ1n) is 24.4. The maximum Gasteiger partial charge on any atom is 0.331 e. The van der Waals surface area contributed by atoms with Crippen molar-refractivity contribution in [3.8, 4) is 0 Å². The van der Waals surface area contributed by atoms with Gasteiger partial charge in [0, 0.05) is 57.4 Å². The molecule has 0 spiro atoms. The van der Waals surface area contributed by atoms with E-state index in [0.29, 0.717) is 63.4 Å². The minimum Gasteiger partial charge on any atom is -0.456 e. The number of ether oxygens (including phenoxy) is 11. The Kier molecular flexibility index (Phi) is 10.9. The third-order valence-electron chi connectivity index (χ3n) is 17.8. The first kappa shape index (κ1) is 44.4. The van der Waals surface area contributed by atoms with Crippen LogP contribution in [-0.4, -0.2) is 149 Å². The monoisotopic (exact) mass is 894 g/mol. The fourth-order valence-electron chi connectivity index (χ4n) is 14.0. The summed E-state index contributed by atoms with van der Waals surface area (Å²) in [6.07, 6.45) is 9.57. The largest absolute Gasteiger partial charge is 0.456 e. The molecule has 12 unspecified atom stereocenters. The predicted octanol–water partition coefficient (Wildman–Crippen LogP) is 5.47. The SMILES string of the molecule is C=C(C=O)CC1CC(O)[C@]2(C)O[C@@H]3C[C@@H]4O[C@@H]5C[C@]6(C)O[C@]7(C)CC[C@@H]8O[C@@H]9C[C@]%10(C)O[C@@H]%11C(C)=CC(=O)OC%11CC%10OC9C[C@@H](C)C8OC7CC6OC5(C)CC=CC4OC3CC2O1. The van der Waals surface area contributed by atoms with Crippen LogP contribution in [0.5, 0.6) is 0 Å². The molecular formula is C50H70O14. The number of esters is 1. The molecule has 0 amide bonds. The number of carbonyl (C=O) groups excluding carboxylic acids is 2. The van der Waals surface area contributed by atoms with Gasteiger partial charge in [-0.3, -0.25) is 4.79 Å². The van der Waals surface area contributed by atoms with Crippen molar-refractivity contribution in [1.82, 2.24) is 0 Å². The fourth-order valence-corrected chi connectivity index (χ4v) is 14.0. The van der Waals surface area contributed by atoms with Crippen LogP contribution in [0, 0.1) is 5.92 Å². The summed E-state index contributed by atoms with van der Waals surface area (Å²) in [7, 11) is 0. The van der Waals surface area contributed by atoms with Crippen LogP contribution in [0.3, 0.4) is 0 Å². The predicted molar refractivity (Wildman–Crippen MR) is 228 cm³/mol. The molecule has 0 aromatic heterocycles. The number of hydrogen-bond donors (Lipinski definition) is 1. The summed E-state index contributed by atoms with van der Waals surface area (Å²) in [6.45, 7) is 18.7. The van der Waals surface area contributed by atoms with Gasteiger partial charge in [0.1, 0.15) is 30.2 Å². The van der Waals surface area contributed by atoms with Gasteiger partial charge in [0.05, 0.1) is 108 Å². The van der Waals surface area contributed by atoms with Gasteiger partial charge in [0.25, 0.3) is 0 Å². The lowest BCUT2D eigenvalue weighted by Gasteiger charge is -2.60. The second-order valence-electron chi connectivity index (χ2n) is 22.7. The van der Waals surface area contributed by atoms with Gasteiger partial charge < -0.3 is 57.2 Å². The molecule has 9 fully saturated rings. The van der Waals surface area contributed by atoms with Crippen molar-refractivity contribution in [2.24, 2.45) is 5.92 Å². The summed E-state index contributed by atoms with van der Waals surface area (Å²) in [5, 5.41) is 11.4. The lowest BCUT2D eigenvalue weighted by Crippen LogP contribution is -2.70. The Balaban J connectivity index is 0.776. The Hall–Kier alpha value is -2.08. The molecular weight excluding hydrogens is 825 g/mol. The Labute approximate surface area is 377 Å². The number of rotatable bonds is 3. The molecule has 11 rings (SSSR count). The van der Waals surface area contributed by atoms with Crippen molar-refractivity contribution in [2.45, 2.75) is 257 Å². The van der Waals surface area contributed by atoms with Crippen LogP contribution in [0.2, 0.25) is 0 Å². The van der Waals surface area contributed by atoms with Crippen molar-refractivity contribution in [2.75, 3.05) is 0 Å². The number of carbonyl (C=O) groups is 2. The average Bonchev–Trinajstić information content (AvgIpc) is 3.43. The lowest BCUT2D eigenvalue weighted by atomic mass is 9.72. The van der Waals surface area contributed by atoms with E-state index < -0.39 is 34.1 Å². The summed E-state index contributed by atoms with van der Waals surface area (Å²) in [6, 6.07) is 0. The maximum absolute atomic E-state index is 12.3. The van der Waals surface area contributed by atoms with Crippen LogP contribution in [-0.2, 0) is 61.7 Å². The van der Waals surface area contributed by atoms with Gasteiger partial charge in [-0.2, -0.15) is 0 Å². The molecule has 11 aliphatic rings. The van der Waals surface area contributed by atoms with E-state index in [2.05, 4.69) is 53.3 Å². The molecule has 0 aromatic rings. The molecule has 0 aromatic carbocycles. The summed E-state index contributed by atoms with van der Waals surface area (Å²) in [5.74, 6) is -0.146. The lowest BCUT2D eigenvalue weighted by molar-refractivity contribution is -0.356. The van der Waals surface area contributed by atoms with Gasteiger partial charge in [-0.25, -0.2) is 4.79 Å². The highest BCUT2D eigenvalue weighted by Crippen LogP contribution is 2.55. The van der Waals surface area contributed by atoms with Crippen molar-refractivity contribution >= 4 is 12.3 Å². The van der Waals surface area contributed by atoms with Crippen LogP contribution >= 0.6 is 0 Å². The molecule has 64 heavy (non-hydrogen) atoms. The molecule has 23 atom stereocenters. The van der Waals surface area contributed by atoms with Crippen LogP contribution in [0.25, 0.3) is 0 Å². The number of aldehydes is 1. The third kappa shape index (κ3) is 7.38. The van der Waals surface area contributed by atoms with E-state index in [-0.39, 0.29) is 110 Å². The van der Waals surface area contributed by atoms with E-state index in [4.69, 9.17) is 52.1 Å². The molecule has 9 saturated heterocycles.